The molecule has 1 saturated heterocycles. The summed E-state index contributed by atoms with van der Waals surface area (Å²) in [6, 6.07) is 8.34. The summed E-state index contributed by atoms with van der Waals surface area (Å²) >= 11 is 5.89. The molecule has 6 nitrogen and oxygen atoms in total. The molecule has 1 aliphatic heterocycles. The maximum Gasteiger partial charge on any atom is 0.270 e. The Morgan fingerprint density at radius 1 is 1.25 bits per heavy atom. The molecule has 1 aromatic carbocycles. The number of hydrogen-bond acceptors (Lipinski definition) is 3. The van der Waals surface area contributed by atoms with Gasteiger partial charge in [-0.05, 0) is 36.6 Å². The molecule has 0 unspecified atom stereocenters. The highest BCUT2D eigenvalue weighted by Gasteiger charge is 2.23. The number of likely N-dealkylation sites (tertiary alicyclic amines) is 1. The quantitative estimate of drug-likeness (QED) is 0.851. The van der Waals surface area contributed by atoms with Crippen LogP contribution < -0.4 is 4.72 Å². The molecule has 1 aliphatic rings. The Labute approximate surface area is 145 Å². The average Bonchev–Trinajstić information content (AvgIpc) is 3.24. The number of aromatic nitrogens is 1. The van der Waals surface area contributed by atoms with Crippen molar-refractivity contribution in [3.63, 3.8) is 0 Å². The molecule has 2 N–H and O–H groups in total. The van der Waals surface area contributed by atoms with Crippen LogP contribution in [0.5, 0.6) is 0 Å². The van der Waals surface area contributed by atoms with Crippen LogP contribution in [0, 0.1) is 0 Å². The number of carbonyl (C=O) groups is 1. The van der Waals surface area contributed by atoms with E-state index in [0.717, 1.165) is 18.4 Å². The Bertz CT molecular complexity index is 842. The van der Waals surface area contributed by atoms with E-state index in [4.69, 9.17) is 11.6 Å². The molecule has 0 radical (unpaired) electrons. The van der Waals surface area contributed by atoms with Crippen molar-refractivity contribution in [1.82, 2.24) is 14.6 Å². The fourth-order valence-electron chi connectivity index (χ4n) is 2.65. The third-order valence-corrected chi connectivity index (χ3v) is 5.56. The van der Waals surface area contributed by atoms with Gasteiger partial charge in [0.15, 0.2) is 0 Å². The van der Waals surface area contributed by atoms with E-state index in [1.807, 2.05) is 0 Å². The number of H-pyrrole nitrogens is 1. The number of nitrogens with one attached hydrogen (secondary N) is 2. The fraction of sp³-hybridized carbons (Fsp3) is 0.312. The van der Waals surface area contributed by atoms with Crippen molar-refractivity contribution in [2.45, 2.75) is 24.3 Å². The summed E-state index contributed by atoms with van der Waals surface area (Å²) in [5, 5.41) is 0.548. The van der Waals surface area contributed by atoms with Gasteiger partial charge in [0.25, 0.3) is 5.91 Å². The number of aromatic amines is 1. The monoisotopic (exact) mass is 367 g/mol. The fourth-order valence-corrected chi connectivity index (χ4v) is 3.88. The molecule has 0 bridgehead atoms. The van der Waals surface area contributed by atoms with Gasteiger partial charge in [-0.15, -0.1) is 0 Å². The first kappa shape index (κ1) is 17.0. The molecule has 0 atom stereocenters. The minimum Gasteiger partial charge on any atom is -0.356 e. The van der Waals surface area contributed by atoms with Crippen LogP contribution in [-0.2, 0) is 16.6 Å². The largest absolute Gasteiger partial charge is 0.356 e. The second-order valence-electron chi connectivity index (χ2n) is 5.70. The van der Waals surface area contributed by atoms with Crippen molar-refractivity contribution >= 4 is 27.5 Å². The highest BCUT2D eigenvalue weighted by Crippen LogP contribution is 2.17. The number of nitrogens with zero attached hydrogens (tertiary/aromatic N) is 1. The molecule has 24 heavy (non-hydrogen) atoms. The third kappa shape index (κ3) is 3.80. The normalized spacial score (nSPS) is 15.0. The van der Waals surface area contributed by atoms with Crippen LogP contribution in [0.4, 0.5) is 0 Å². The van der Waals surface area contributed by atoms with Gasteiger partial charge < -0.3 is 9.88 Å². The molecule has 3 rings (SSSR count). The Morgan fingerprint density at radius 3 is 2.71 bits per heavy atom. The molecule has 1 fully saturated rings. The number of benzene rings is 1. The summed E-state index contributed by atoms with van der Waals surface area (Å²) in [5.74, 6) is -0.163. The zero-order chi connectivity index (χ0) is 17.2. The second-order valence-corrected chi connectivity index (χ2v) is 7.91. The maximum atomic E-state index is 12.4. The number of halogens is 1. The van der Waals surface area contributed by atoms with Gasteiger partial charge in [-0.3, -0.25) is 4.79 Å². The Morgan fingerprint density at radius 2 is 2.00 bits per heavy atom. The van der Waals surface area contributed by atoms with Crippen LogP contribution in [0.3, 0.4) is 0 Å². The van der Waals surface area contributed by atoms with E-state index in [0.29, 0.717) is 23.8 Å². The number of sulfonamides is 1. The van der Waals surface area contributed by atoms with Crippen LogP contribution in [0.1, 0.15) is 28.9 Å². The lowest BCUT2D eigenvalue weighted by molar-refractivity contribution is 0.0787. The molecule has 8 heteroatoms. The standard InChI is InChI=1S/C16H18ClN3O3S/c17-13-5-3-4-12(8-13)10-19-24(22,23)14-9-15(18-11-14)16(21)20-6-1-2-7-20/h3-5,8-9,11,18-19H,1-2,6-7,10H2. The number of rotatable bonds is 5. The van der Waals surface area contributed by atoms with Crippen molar-refractivity contribution in [1.29, 1.82) is 0 Å². The molecular formula is C16H18ClN3O3S. The Hall–Kier alpha value is -1.83. The number of amides is 1. The SMILES string of the molecule is O=C(c1cc(S(=O)(=O)NCc2cccc(Cl)c2)c[nH]1)N1CCCC1. The van der Waals surface area contributed by atoms with Gasteiger partial charge in [0.1, 0.15) is 10.6 Å². The van der Waals surface area contributed by atoms with Crippen LogP contribution in [-0.4, -0.2) is 37.3 Å². The van der Waals surface area contributed by atoms with Gasteiger partial charge in [-0.2, -0.15) is 0 Å². The van der Waals surface area contributed by atoms with Gasteiger partial charge in [0.2, 0.25) is 10.0 Å². The molecule has 2 heterocycles. The van der Waals surface area contributed by atoms with E-state index < -0.39 is 10.0 Å². The summed E-state index contributed by atoms with van der Waals surface area (Å²) in [6.45, 7) is 1.56. The molecule has 0 saturated carbocycles. The summed E-state index contributed by atoms with van der Waals surface area (Å²) in [4.78, 5) is 16.8. The van der Waals surface area contributed by atoms with Gasteiger partial charge in [0, 0.05) is 30.9 Å². The van der Waals surface area contributed by atoms with E-state index in [2.05, 4.69) is 9.71 Å². The van der Waals surface area contributed by atoms with Crippen molar-refractivity contribution in [2.75, 3.05) is 13.1 Å². The minimum atomic E-state index is -3.70. The van der Waals surface area contributed by atoms with Crippen LogP contribution in [0.15, 0.2) is 41.4 Å². The molecule has 1 amide bonds. The maximum absolute atomic E-state index is 12.4. The second kappa shape index (κ2) is 6.96. The highest BCUT2D eigenvalue weighted by atomic mass is 35.5. The first-order valence-electron chi connectivity index (χ1n) is 7.67. The summed E-state index contributed by atoms with van der Waals surface area (Å²) in [6.07, 6.45) is 3.31. The van der Waals surface area contributed by atoms with Crippen LogP contribution in [0.2, 0.25) is 5.02 Å². The van der Waals surface area contributed by atoms with E-state index in [-0.39, 0.29) is 17.3 Å². The summed E-state index contributed by atoms with van der Waals surface area (Å²) in [5.41, 5.74) is 1.05. The van der Waals surface area contributed by atoms with Crippen molar-refractivity contribution < 1.29 is 13.2 Å². The van der Waals surface area contributed by atoms with Crippen LogP contribution in [0.25, 0.3) is 0 Å². The zero-order valence-electron chi connectivity index (χ0n) is 13.0. The van der Waals surface area contributed by atoms with Crippen molar-refractivity contribution in [3.8, 4) is 0 Å². The minimum absolute atomic E-state index is 0.0482. The Kier molecular flexibility index (Phi) is 4.93. The van der Waals surface area contributed by atoms with Gasteiger partial charge in [-0.25, -0.2) is 13.1 Å². The third-order valence-electron chi connectivity index (χ3n) is 3.95. The van der Waals surface area contributed by atoms with Gasteiger partial charge in [0.05, 0.1) is 0 Å². The zero-order valence-corrected chi connectivity index (χ0v) is 14.5. The molecule has 1 aromatic heterocycles. The Balaban J connectivity index is 1.69. The highest BCUT2D eigenvalue weighted by molar-refractivity contribution is 7.89. The first-order chi connectivity index (χ1) is 11.5. The molecule has 2 aromatic rings. The van der Waals surface area contributed by atoms with Gasteiger partial charge >= 0.3 is 0 Å². The first-order valence-corrected chi connectivity index (χ1v) is 9.54. The lowest BCUT2D eigenvalue weighted by atomic mass is 10.2. The van der Waals surface area contributed by atoms with E-state index in [1.54, 1.807) is 29.2 Å². The lowest BCUT2D eigenvalue weighted by Crippen LogP contribution is -2.27. The number of carbonyl (C=O) groups excluding carboxylic acids is 1. The average molecular weight is 368 g/mol. The van der Waals surface area contributed by atoms with Crippen molar-refractivity contribution in [3.05, 3.63) is 52.8 Å². The van der Waals surface area contributed by atoms with Gasteiger partial charge in [-0.1, -0.05) is 23.7 Å². The lowest BCUT2D eigenvalue weighted by Gasteiger charge is -2.13. The molecular weight excluding hydrogens is 350 g/mol. The topological polar surface area (TPSA) is 82.3 Å². The molecule has 0 aliphatic carbocycles. The summed E-state index contributed by atoms with van der Waals surface area (Å²) in [7, 11) is -3.70. The molecule has 0 spiro atoms. The smallest absolute Gasteiger partial charge is 0.270 e. The van der Waals surface area contributed by atoms with Crippen molar-refractivity contribution in [2.24, 2.45) is 0 Å². The van der Waals surface area contributed by atoms with Crippen LogP contribution >= 0.6 is 11.6 Å². The van der Waals surface area contributed by atoms with E-state index in [1.165, 1.54) is 12.3 Å². The summed E-state index contributed by atoms with van der Waals surface area (Å²) < 4.78 is 27.2. The van der Waals surface area contributed by atoms with E-state index in [9.17, 15) is 13.2 Å². The predicted octanol–water partition coefficient (Wildman–Crippen LogP) is 2.38. The number of hydrogen-bond donors (Lipinski definition) is 2. The molecule has 128 valence electrons. The predicted molar refractivity (Wildman–Crippen MR) is 91.4 cm³/mol. The van der Waals surface area contributed by atoms with E-state index >= 15 is 0 Å².